The Kier molecular flexibility index (Phi) is 5.84. The molecular weight excluding hydrogens is 398 g/mol. The third kappa shape index (κ3) is 4.35. The Labute approximate surface area is 179 Å². The van der Waals surface area contributed by atoms with Crippen LogP contribution < -0.4 is 25.2 Å². The first kappa shape index (κ1) is 20.8. The van der Waals surface area contributed by atoms with Gasteiger partial charge in [-0.15, -0.1) is 0 Å². The molecule has 3 aromatic rings. The van der Waals surface area contributed by atoms with E-state index in [4.69, 9.17) is 18.6 Å². The lowest BCUT2D eigenvalue weighted by molar-refractivity contribution is -0.121. The lowest BCUT2D eigenvalue weighted by Gasteiger charge is -2.21. The number of carbonyl (C=O) groups is 1. The van der Waals surface area contributed by atoms with Gasteiger partial charge in [0.25, 0.3) is 0 Å². The lowest BCUT2D eigenvalue weighted by Crippen LogP contribution is -2.27. The molecular formula is C24H25NO6. The molecule has 1 N–H and O–H groups in total. The molecule has 1 aromatic heterocycles. The van der Waals surface area contributed by atoms with Crippen molar-refractivity contribution in [3.8, 4) is 17.2 Å². The van der Waals surface area contributed by atoms with Crippen molar-refractivity contribution in [3.63, 3.8) is 0 Å². The zero-order valence-corrected chi connectivity index (χ0v) is 17.8. The fourth-order valence-corrected chi connectivity index (χ4v) is 3.76. The summed E-state index contributed by atoms with van der Waals surface area (Å²) in [6.07, 6.45) is 0.484. The molecule has 0 unspecified atom stereocenters. The summed E-state index contributed by atoms with van der Waals surface area (Å²) in [6.45, 7) is 4.83. The summed E-state index contributed by atoms with van der Waals surface area (Å²) in [6, 6.07) is 10.8. The van der Waals surface area contributed by atoms with Crippen molar-refractivity contribution >= 4 is 16.9 Å². The van der Waals surface area contributed by atoms with E-state index in [9.17, 15) is 9.59 Å². The van der Waals surface area contributed by atoms with Gasteiger partial charge >= 0.3 is 5.63 Å². The minimum Gasteiger partial charge on any atom is -0.497 e. The van der Waals surface area contributed by atoms with E-state index < -0.39 is 5.63 Å². The molecule has 0 saturated carbocycles. The van der Waals surface area contributed by atoms with Crippen LogP contribution >= 0.6 is 0 Å². The molecule has 0 saturated heterocycles. The Morgan fingerprint density at radius 3 is 2.68 bits per heavy atom. The maximum Gasteiger partial charge on any atom is 0.339 e. The number of hydrogen-bond acceptors (Lipinski definition) is 6. The van der Waals surface area contributed by atoms with Crippen LogP contribution in [0.25, 0.3) is 11.0 Å². The predicted molar refractivity (Wildman–Crippen MR) is 116 cm³/mol. The summed E-state index contributed by atoms with van der Waals surface area (Å²) in [4.78, 5) is 25.0. The summed E-state index contributed by atoms with van der Waals surface area (Å²) >= 11 is 0. The highest BCUT2D eigenvalue weighted by atomic mass is 16.6. The summed E-state index contributed by atoms with van der Waals surface area (Å²) in [7, 11) is 1.56. The van der Waals surface area contributed by atoms with Gasteiger partial charge < -0.3 is 23.9 Å². The maximum atomic E-state index is 12.5. The van der Waals surface area contributed by atoms with Gasteiger partial charge in [-0.2, -0.15) is 0 Å². The molecule has 1 atom stereocenters. The highest BCUT2D eigenvalue weighted by molar-refractivity contribution is 5.83. The van der Waals surface area contributed by atoms with Crippen LogP contribution in [0.1, 0.15) is 36.1 Å². The second-order valence-electron chi connectivity index (χ2n) is 7.55. The van der Waals surface area contributed by atoms with E-state index in [0.717, 1.165) is 16.5 Å². The van der Waals surface area contributed by atoms with Crippen molar-refractivity contribution in [2.45, 2.75) is 32.7 Å². The standard InChI is InChI=1S/C24H25NO6/c1-14-18-6-5-17(28-3)13-21(18)31-24(27)19(14)7-9-23(26)25-15(2)16-4-8-20-22(12-16)30-11-10-29-20/h4-6,8,12-13,15H,7,9-11H2,1-3H3,(H,25,26)/t15-/m0/s1. The van der Waals surface area contributed by atoms with Crippen molar-refractivity contribution in [2.24, 2.45) is 0 Å². The minimum atomic E-state index is -0.425. The number of methoxy groups -OCH3 is 1. The van der Waals surface area contributed by atoms with Crippen molar-refractivity contribution in [1.82, 2.24) is 5.32 Å². The Hall–Kier alpha value is -3.48. The highest BCUT2D eigenvalue weighted by Gasteiger charge is 2.17. The van der Waals surface area contributed by atoms with E-state index in [1.165, 1.54) is 0 Å². The van der Waals surface area contributed by atoms with Crippen LogP contribution in [-0.2, 0) is 11.2 Å². The van der Waals surface area contributed by atoms with Gasteiger partial charge in [-0.3, -0.25) is 4.79 Å². The number of carbonyl (C=O) groups excluding carboxylic acids is 1. The molecule has 0 aliphatic carbocycles. The second-order valence-corrected chi connectivity index (χ2v) is 7.55. The molecule has 4 rings (SSSR count). The SMILES string of the molecule is COc1ccc2c(C)c(CCC(=O)N[C@@H](C)c3ccc4c(c3)OCCO4)c(=O)oc2c1. The summed E-state index contributed by atoms with van der Waals surface area (Å²) < 4.78 is 21.8. The van der Waals surface area contributed by atoms with Gasteiger partial charge in [-0.1, -0.05) is 6.07 Å². The van der Waals surface area contributed by atoms with E-state index in [1.54, 1.807) is 13.2 Å². The molecule has 0 fully saturated rings. The maximum absolute atomic E-state index is 12.5. The normalized spacial score (nSPS) is 13.6. The zero-order chi connectivity index (χ0) is 22.0. The Morgan fingerprint density at radius 2 is 1.90 bits per heavy atom. The van der Waals surface area contributed by atoms with E-state index in [-0.39, 0.29) is 18.4 Å². The molecule has 1 aliphatic rings. The number of benzene rings is 2. The van der Waals surface area contributed by atoms with Crippen LogP contribution in [0.15, 0.2) is 45.6 Å². The van der Waals surface area contributed by atoms with E-state index >= 15 is 0 Å². The van der Waals surface area contributed by atoms with Gasteiger partial charge in [-0.25, -0.2) is 4.79 Å². The summed E-state index contributed by atoms with van der Waals surface area (Å²) in [5.41, 5.74) is 2.31. The van der Waals surface area contributed by atoms with E-state index in [0.29, 0.717) is 48.0 Å². The second kappa shape index (κ2) is 8.71. The molecule has 2 heterocycles. The molecule has 0 bridgehead atoms. The summed E-state index contributed by atoms with van der Waals surface area (Å²) in [5.74, 6) is 1.88. The van der Waals surface area contributed by atoms with Gasteiger partial charge in [0.05, 0.1) is 13.2 Å². The number of amides is 1. The molecule has 7 nitrogen and oxygen atoms in total. The number of ether oxygens (including phenoxy) is 3. The molecule has 1 aliphatic heterocycles. The van der Waals surface area contributed by atoms with Crippen molar-refractivity contribution < 1.29 is 23.4 Å². The monoisotopic (exact) mass is 423 g/mol. The quantitative estimate of drug-likeness (QED) is 0.609. The fraction of sp³-hybridized carbons (Fsp3) is 0.333. The lowest BCUT2D eigenvalue weighted by atomic mass is 10.0. The van der Waals surface area contributed by atoms with Crippen LogP contribution in [0, 0.1) is 6.92 Å². The first-order chi connectivity index (χ1) is 15.0. The smallest absolute Gasteiger partial charge is 0.339 e. The zero-order valence-electron chi connectivity index (χ0n) is 17.8. The Morgan fingerprint density at radius 1 is 1.13 bits per heavy atom. The number of nitrogens with one attached hydrogen (secondary N) is 1. The molecule has 31 heavy (non-hydrogen) atoms. The molecule has 162 valence electrons. The molecule has 7 heteroatoms. The Bertz CT molecular complexity index is 1180. The van der Waals surface area contributed by atoms with Crippen LogP contribution in [0.3, 0.4) is 0 Å². The van der Waals surface area contributed by atoms with E-state index in [2.05, 4.69) is 5.32 Å². The van der Waals surface area contributed by atoms with E-state index in [1.807, 2.05) is 44.2 Å². The highest BCUT2D eigenvalue weighted by Crippen LogP contribution is 2.32. The predicted octanol–water partition coefficient (Wildman–Crippen LogP) is 3.69. The average Bonchev–Trinajstić information content (AvgIpc) is 2.78. The number of hydrogen-bond donors (Lipinski definition) is 1. The third-order valence-electron chi connectivity index (χ3n) is 5.54. The number of fused-ring (bicyclic) bond motifs is 2. The molecule has 2 aromatic carbocycles. The number of rotatable bonds is 6. The molecule has 0 spiro atoms. The largest absolute Gasteiger partial charge is 0.497 e. The van der Waals surface area contributed by atoms with Crippen LogP contribution in [0.2, 0.25) is 0 Å². The molecule has 1 amide bonds. The van der Waals surface area contributed by atoms with Gasteiger partial charge in [0, 0.05) is 23.4 Å². The topological polar surface area (TPSA) is 87.0 Å². The van der Waals surface area contributed by atoms with Crippen molar-refractivity contribution in [3.05, 3.63) is 63.5 Å². The minimum absolute atomic E-state index is 0.143. The van der Waals surface area contributed by atoms with Gasteiger partial charge in [-0.05, 0) is 55.7 Å². The first-order valence-electron chi connectivity index (χ1n) is 10.3. The summed E-state index contributed by atoms with van der Waals surface area (Å²) in [5, 5.41) is 3.81. The van der Waals surface area contributed by atoms with Gasteiger partial charge in [0.15, 0.2) is 11.5 Å². The average molecular weight is 423 g/mol. The first-order valence-corrected chi connectivity index (χ1v) is 10.3. The Balaban J connectivity index is 1.44. The van der Waals surface area contributed by atoms with Crippen LogP contribution in [-0.4, -0.2) is 26.2 Å². The van der Waals surface area contributed by atoms with Crippen LogP contribution in [0.5, 0.6) is 17.2 Å². The van der Waals surface area contributed by atoms with Gasteiger partial charge in [0.2, 0.25) is 5.91 Å². The van der Waals surface area contributed by atoms with Gasteiger partial charge in [0.1, 0.15) is 24.5 Å². The van der Waals surface area contributed by atoms with Crippen LogP contribution in [0.4, 0.5) is 0 Å². The van der Waals surface area contributed by atoms with Crippen molar-refractivity contribution in [2.75, 3.05) is 20.3 Å². The molecule has 0 radical (unpaired) electrons. The fourth-order valence-electron chi connectivity index (χ4n) is 3.76. The third-order valence-corrected chi connectivity index (χ3v) is 5.54. The number of aryl methyl sites for hydroxylation is 1. The van der Waals surface area contributed by atoms with Crippen molar-refractivity contribution in [1.29, 1.82) is 0 Å².